The highest BCUT2D eigenvalue weighted by Gasteiger charge is 2.18. The fourth-order valence-corrected chi connectivity index (χ4v) is 0.659. The van der Waals surface area contributed by atoms with Gasteiger partial charge in [0.25, 0.3) is 0 Å². The monoisotopic (exact) mass is 178 g/mol. The molecular weight excluding hydrogens is 164 g/mol. The number of ether oxygens (including phenoxy) is 1. The summed E-state index contributed by atoms with van der Waals surface area (Å²) in [5.41, 5.74) is 0. The molecule has 0 heterocycles. The van der Waals surface area contributed by atoms with E-state index < -0.39 is 24.6 Å². The standard InChI is InChI=1S/C7H14O5/c1-5(10)12-4-6(2-8)7(11)3-9/h6-9,11H,2-4H2,1H3. The molecule has 5 nitrogen and oxygen atoms in total. The van der Waals surface area contributed by atoms with E-state index in [0.29, 0.717) is 0 Å². The number of aliphatic hydroxyl groups is 3. The molecule has 0 bridgehead atoms. The molecule has 72 valence electrons. The number of carbonyl (C=O) groups is 1. The molecule has 0 aliphatic heterocycles. The van der Waals surface area contributed by atoms with Crippen LogP contribution >= 0.6 is 0 Å². The quantitative estimate of drug-likeness (QED) is 0.446. The van der Waals surface area contributed by atoms with Crippen LogP contribution in [0.5, 0.6) is 0 Å². The van der Waals surface area contributed by atoms with E-state index in [9.17, 15) is 4.79 Å². The van der Waals surface area contributed by atoms with Crippen LogP contribution in [0, 0.1) is 5.92 Å². The van der Waals surface area contributed by atoms with Gasteiger partial charge in [-0.2, -0.15) is 0 Å². The molecule has 0 aromatic heterocycles. The molecule has 2 unspecified atom stereocenters. The summed E-state index contributed by atoms with van der Waals surface area (Å²) in [6.07, 6.45) is -1.05. The van der Waals surface area contributed by atoms with Gasteiger partial charge in [0.15, 0.2) is 0 Å². The number of aliphatic hydroxyl groups excluding tert-OH is 3. The van der Waals surface area contributed by atoms with E-state index in [0.717, 1.165) is 0 Å². The number of rotatable bonds is 5. The number of hydrogen-bond acceptors (Lipinski definition) is 5. The van der Waals surface area contributed by atoms with Crippen molar-refractivity contribution in [2.24, 2.45) is 5.92 Å². The van der Waals surface area contributed by atoms with Gasteiger partial charge < -0.3 is 20.1 Å². The van der Waals surface area contributed by atoms with Crippen molar-refractivity contribution in [2.45, 2.75) is 13.0 Å². The minimum Gasteiger partial charge on any atom is -0.465 e. The Kier molecular flexibility index (Phi) is 5.61. The first-order valence-electron chi connectivity index (χ1n) is 3.65. The molecule has 0 aromatic rings. The number of carbonyl (C=O) groups excluding carboxylic acids is 1. The molecule has 0 saturated carbocycles. The minimum absolute atomic E-state index is 0.0758. The Morgan fingerprint density at radius 1 is 1.42 bits per heavy atom. The summed E-state index contributed by atoms with van der Waals surface area (Å²) in [4.78, 5) is 10.3. The third kappa shape index (κ3) is 4.27. The predicted molar refractivity (Wildman–Crippen MR) is 40.3 cm³/mol. The van der Waals surface area contributed by atoms with Gasteiger partial charge in [-0.1, -0.05) is 0 Å². The van der Waals surface area contributed by atoms with Crippen molar-refractivity contribution in [1.29, 1.82) is 0 Å². The molecule has 0 aliphatic rings. The molecule has 0 saturated heterocycles. The lowest BCUT2D eigenvalue weighted by atomic mass is 10.1. The maximum Gasteiger partial charge on any atom is 0.302 e. The second-order valence-corrected chi connectivity index (χ2v) is 2.50. The highest BCUT2D eigenvalue weighted by Crippen LogP contribution is 2.03. The van der Waals surface area contributed by atoms with E-state index in [-0.39, 0.29) is 13.2 Å². The van der Waals surface area contributed by atoms with Gasteiger partial charge in [0, 0.05) is 12.8 Å². The molecule has 0 spiro atoms. The third-order valence-corrected chi connectivity index (χ3v) is 1.47. The fourth-order valence-electron chi connectivity index (χ4n) is 0.659. The van der Waals surface area contributed by atoms with Gasteiger partial charge in [0.1, 0.15) is 0 Å². The van der Waals surface area contributed by atoms with Crippen LogP contribution in [0.3, 0.4) is 0 Å². The van der Waals surface area contributed by atoms with E-state index in [1.54, 1.807) is 0 Å². The van der Waals surface area contributed by atoms with Crippen LogP contribution in [0.25, 0.3) is 0 Å². The zero-order valence-corrected chi connectivity index (χ0v) is 6.93. The zero-order valence-electron chi connectivity index (χ0n) is 6.93. The lowest BCUT2D eigenvalue weighted by molar-refractivity contribution is -0.144. The van der Waals surface area contributed by atoms with Gasteiger partial charge in [-0.3, -0.25) is 4.79 Å². The van der Waals surface area contributed by atoms with Crippen LogP contribution in [0.15, 0.2) is 0 Å². The van der Waals surface area contributed by atoms with Gasteiger partial charge >= 0.3 is 5.97 Å². The van der Waals surface area contributed by atoms with Crippen molar-refractivity contribution in [3.8, 4) is 0 Å². The second-order valence-electron chi connectivity index (χ2n) is 2.50. The lowest BCUT2D eigenvalue weighted by Gasteiger charge is -2.17. The van der Waals surface area contributed by atoms with E-state index in [4.69, 9.17) is 15.3 Å². The van der Waals surface area contributed by atoms with Crippen molar-refractivity contribution in [1.82, 2.24) is 0 Å². The Morgan fingerprint density at radius 2 is 2.00 bits per heavy atom. The van der Waals surface area contributed by atoms with Gasteiger partial charge in [-0.15, -0.1) is 0 Å². The van der Waals surface area contributed by atoms with Crippen LogP contribution < -0.4 is 0 Å². The van der Waals surface area contributed by atoms with E-state index in [1.807, 2.05) is 0 Å². The van der Waals surface area contributed by atoms with Crippen LogP contribution in [0.1, 0.15) is 6.92 Å². The average Bonchev–Trinajstić information content (AvgIpc) is 2.04. The van der Waals surface area contributed by atoms with Crippen LogP contribution in [-0.2, 0) is 9.53 Å². The molecular formula is C7H14O5. The summed E-state index contributed by atoms with van der Waals surface area (Å²) in [5, 5.41) is 26.2. The first-order chi connectivity index (χ1) is 5.61. The van der Waals surface area contributed by atoms with Crippen LogP contribution in [-0.4, -0.2) is 47.2 Å². The highest BCUT2D eigenvalue weighted by atomic mass is 16.5. The zero-order chi connectivity index (χ0) is 9.56. The number of hydrogen-bond donors (Lipinski definition) is 3. The van der Waals surface area contributed by atoms with Crippen LogP contribution in [0.2, 0.25) is 0 Å². The molecule has 2 atom stereocenters. The van der Waals surface area contributed by atoms with E-state index in [1.165, 1.54) is 6.92 Å². The minimum atomic E-state index is -1.05. The van der Waals surface area contributed by atoms with Crippen LogP contribution in [0.4, 0.5) is 0 Å². The third-order valence-electron chi connectivity index (χ3n) is 1.47. The van der Waals surface area contributed by atoms with Gasteiger partial charge in [-0.25, -0.2) is 0 Å². The smallest absolute Gasteiger partial charge is 0.302 e. The Hall–Kier alpha value is -0.650. The second kappa shape index (κ2) is 5.93. The Labute approximate surface area is 70.6 Å². The first kappa shape index (κ1) is 11.4. The normalized spacial score (nSPS) is 15.3. The molecule has 5 heteroatoms. The van der Waals surface area contributed by atoms with Gasteiger partial charge in [0.2, 0.25) is 0 Å². The SMILES string of the molecule is CC(=O)OCC(CO)C(O)CO. The highest BCUT2D eigenvalue weighted by molar-refractivity contribution is 5.65. The summed E-state index contributed by atoms with van der Waals surface area (Å²) in [7, 11) is 0. The lowest BCUT2D eigenvalue weighted by Crippen LogP contribution is -2.31. The molecule has 0 aliphatic carbocycles. The largest absolute Gasteiger partial charge is 0.465 e. The van der Waals surface area contributed by atoms with Gasteiger partial charge in [0.05, 0.1) is 25.9 Å². The summed E-state index contributed by atoms with van der Waals surface area (Å²) in [6, 6.07) is 0. The van der Waals surface area contributed by atoms with Crippen molar-refractivity contribution in [3.63, 3.8) is 0 Å². The summed E-state index contributed by atoms with van der Waals surface area (Å²) in [5.74, 6) is -1.09. The Bertz CT molecular complexity index is 136. The summed E-state index contributed by atoms with van der Waals surface area (Å²) in [6.45, 7) is 0.384. The van der Waals surface area contributed by atoms with Crippen molar-refractivity contribution in [2.75, 3.05) is 19.8 Å². The number of esters is 1. The first-order valence-corrected chi connectivity index (χ1v) is 3.65. The predicted octanol–water partition coefficient (Wildman–Crippen LogP) is -1.49. The molecule has 0 rings (SSSR count). The molecule has 0 fully saturated rings. The Balaban J connectivity index is 3.74. The van der Waals surface area contributed by atoms with E-state index >= 15 is 0 Å². The molecule has 0 aromatic carbocycles. The van der Waals surface area contributed by atoms with Crippen molar-refractivity contribution in [3.05, 3.63) is 0 Å². The summed E-state index contributed by atoms with van der Waals surface area (Å²) < 4.78 is 4.55. The molecule has 12 heavy (non-hydrogen) atoms. The molecule has 0 radical (unpaired) electrons. The van der Waals surface area contributed by atoms with E-state index in [2.05, 4.69) is 4.74 Å². The maximum absolute atomic E-state index is 10.3. The van der Waals surface area contributed by atoms with Crippen molar-refractivity contribution >= 4 is 5.97 Å². The van der Waals surface area contributed by atoms with Crippen molar-refractivity contribution < 1.29 is 24.9 Å². The maximum atomic E-state index is 10.3. The fraction of sp³-hybridized carbons (Fsp3) is 0.857. The molecule has 0 amide bonds. The topological polar surface area (TPSA) is 87.0 Å². The average molecular weight is 178 g/mol. The summed E-state index contributed by atoms with van der Waals surface area (Å²) >= 11 is 0. The molecule has 3 N–H and O–H groups in total. The van der Waals surface area contributed by atoms with Gasteiger partial charge in [-0.05, 0) is 0 Å². The Morgan fingerprint density at radius 3 is 2.33 bits per heavy atom.